The molecule has 1 aromatic carbocycles. The number of carbonyl (C=O) groups is 1. The number of alkyl carbamates (subject to hydrolysis) is 1. The first-order valence-electron chi connectivity index (χ1n) is 8.70. The Morgan fingerprint density at radius 3 is 2.65 bits per heavy atom. The van der Waals surface area contributed by atoms with E-state index in [2.05, 4.69) is 40.5 Å². The topological polar surface area (TPSA) is 41.6 Å². The summed E-state index contributed by atoms with van der Waals surface area (Å²) in [5.41, 5.74) is 0.899. The minimum Gasteiger partial charge on any atom is -0.444 e. The molecule has 0 spiro atoms. The first-order chi connectivity index (χ1) is 10.9. The molecule has 1 aliphatic heterocycles. The van der Waals surface area contributed by atoms with E-state index in [4.69, 9.17) is 4.74 Å². The van der Waals surface area contributed by atoms with Crippen molar-refractivity contribution in [2.45, 2.75) is 64.3 Å². The molecule has 0 radical (unpaired) electrons. The lowest BCUT2D eigenvalue weighted by atomic mass is 9.93. The standard InChI is InChI=1S/C19H28N2O2/c1-19(2,3)23-18(22)20-17-15-9-10-16(17)21(12-11-15)13-14-7-5-4-6-8-14/h4-8,15-17H,9-13H2,1-3H3,(H,20,22)/t15-,16-,17-/m1/s1. The van der Waals surface area contributed by atoms with Crippen LogP contribution < -0.4 is 5.32 Å². The quantitative estimate of drug-likeness (QED) is 0.927. The molecule has 3 rings (SSSR count). The summed E-state index contributed by atoms with van der Waals surface area (Å²) in [6, 6.07) is 11.2. The summed E-state index contributed by atoms with van der Waals surface area (Å²) in [5, 5.41) is 3.15. The number of hydrogen-bond acceptors (Lipinski definition) is 3. The molecule has 1 aliphatic carbocycles. The van der Waals surface area contributed by atoms with Gasteiger partial charge in [0, 0.05) is 12.6 Å². The zero-order valence-electron chi connectivity index (χ0n) is 14.4. The van der Waals surface area contributed by atoms with Crippen molar-refractivity contribution in [2.24, 2.45) is 5.92 Å². The van der Waals surface area contributed by atoms with E-state index in [1.54, 1.807) is 0 Å². The third-order valence-electron chi connectivity index (χ3n) is 4.92. The number of amides is 1. The Morgan fingerprint density at radius 1 is 1.22 bits per heavy atom. The van der Waals surface area contributed by atoms with E-state index < -0.39 is 5.60 Å². The zero-order chi connectivity index (χ0) is 16.4. The fourth-order valence-electron chi connectivity index (χ4n) is 3.96. The smallest absolute Gasteiger partial charge is 0.407 e. The van der Waals surface area contributed by atoms with Crippen molar-refractivity contribution in [3.8, 4) is 0 Å². The molecule has 2 fully saturated rings. The predicted molar refractivity (Wildman–Crippen MR) is 91.1 cm³/mol. The molecular weight excluding hydrogens is 288 g/mol. The van der Waals surface area contributed by atoms with Gasteiger partial charge in [0.25, 0.3) is 0 Å². The highest BCUT2D eigenvalue weighted by atomic mass is 16.6. The van der Waals surface area contributed by atoms with Gasteiger partial charge >= 0.3 is 6.09 Å². The Balaban J connectivity index is 1.64. The molecule has 23 heavy (non-hydrogen) atoms. The van der Waals surface area contributed by atoms with Crippen LogP contribution in [0.15, 0.2) is 30.3 Å². The molecule has 1 saturated carbocycles. The average Bonchev–Trinajstić information content (AvgIpc) is 2.73. The summed E-state index contributed by atoms with van der Waals surface area (Å²) in [4.78, 5) is 14.7. The first-order valence-corrected chi connectivity index (χ1v) is 8.70. The van der Waals surface area contributed by atoms with E-state index in [-0.39, 0.29) is 12.1 Å². The lowest BCUT2D eigenvalue weighted by molar-refractivity contribution is 0.0398. The number of hydrogen-bond donors (Lipinski definition) is 1. The number of ether oxygens (including phenoxy) is 1. The van der Waals surface area contributed by atoms with Gasteiger partial charge in [-0.1, -0.05) is 30.3 Å². The van der Waals surface area contributed by atoms with Crippen LogP contribution in [0.1, 0.15) is 45.6 Å². The number of fused-ring (bicyclic) bond motifs is 2. The Morgan fingerprint density at radius 2 is 1.96 bits per heavy atom. The van der Waals surface area contributed by atoms with E-state index in [9.17, 15) is 4.79 Å². The molecule has 3 atom stereocenters. The molecule has 1 N–H and O–H groups in total. The van der Waals surface area contributed by atoms with Gasteiger partial charge in [0.2, 0.25) is 0 Å². The van der Waals surface area contributed by atoms with Gasteiger partial charge in [-0.3, -0.25) is 4.90 Å². The molecule has 4 heteroatoms. The van der Waals surface area contributed by atoms with Crippen molar-refractivity contribution < 1.29 is 9.53 Å². The number of nitrogens with one attached hydrogen (secondary N) is 1. The monoisotopic (exact) mass is 316 g/mol. The first kappa shape index (κ1) is 16.3. The maximum atomic E-state index is 12.2. The molecule has 2 aliphatic rings. The van der Waals surface area contributed by atoms with Crippen molar-refractivity contribution in [1.29, 1.82) is 0 Å². The van der Waals surface area contributed by atoms with Crippen LogP contribution in [0, 0.1) is 5.92 Å². The van der Waals surface area contributed by atoms with Gasteiger partial charge in [-0.2, -0.15) is 0 Å². The second kappa shape index (κ2) is 6.52. The summed E-state index contributed by atoms with van der Waals surface area (Å²) in [7, 11) is 0. The number of nitrogens with zero attached hydrogens (tertiary/aromatic N) is 1. The second-order valence-corrected chi connectivity index (χ2v) is 7.82. The molecule has 4 nitrogen and oxygen atoms in total. The minimum atomic E-state index is -0.443. The molecule has 1 saturated heterocycles. The van der Waals surface area contributed by atoms with Gasteiger partial charge in [0.15, 0.2) is 0 Å². The van der Waals surface area contributed by atoms with Crippen LogP contribution in [0.5, 0.6) is 0 Å². The van der Waals surface area contributed by atoms with E-state index in [1.807, 2.05) is 20.8 Å². The minimum absolute atomic E-state index is 0.224. The van der Waals surface area contributed by atoms with Crippen molar-refractivity contribution in [1.82, 2.24) is 10.2 Å². The molecule has 126 valence electrons. The number of piperidine rings is 1. The predicted octanol–water partition coefficient (Wildman–Crippen LogP) is 3.56. The zero-order valence-corrected chi connectivity index (χ0v) is 14.4. The molecule has 2 bridgehead atoms. The lowest BCUT2D eigenvalue weighted by Gasteiger charge is -2.40. The molecule has 0 unspecified atom stereocenters. The van der Waals surface area contributed by atoms with Gasteiger partial charge < -0.3 is 10.1 Å². The van der Waals surface area contributed by atoms with Crippen LogP contribution in [0.3, 0.4) is 0 Å². The highest BCUT2D eigenvalue weighted by Gasteiger charge is 2.44. The Bertz CT molecular complexity index is 538. The normalized spacial score (nSPS) is 27.7. The molecular formula is C19H28N2O2. The van der Waals surface area contributed by atoms with E-state index in [0.29, 0.717) is 12.0 Å². The summed E-state index contributed by atoms with van der Waals surface area (Å²) in [5.74, 6) is 0.597. The van der Waals surface area contributed by atoms with E-state index >= 15 is 0 Å². The third kappa shape index (κ3) is 4.05. The Kier molecular flexibility index (Phi) is 4.62. The Hall–Kier alpha value is -1.55. The van der Waals surface area contributed by atoms with Gasteiger partial charge in [0.05, 0.1) is 6.04 Å². The fraction of sp³-hybridized carbons (Fsp3) is 0.632. The molecule has 1 heterocycles. The van der Waals surface area contributed by atoms with Gasteiger partial charge in [-0.05, 0) is 58.1 Å². The number of benzene rings is 1. The van der Waals surface area contributed by atoms with Crippen LogP contribution in [-0.4, -0.2) is 35.2 Å². The molecule has 1 aromatic rings. The van der Waals surface area contributed by atoms with Crippen molar-refractivity contribution in [2.75, 3.05) is 6.54 Å². The summed E-state index contributed by atoms with van der Waals surface area (Å²) >= 11 is 0. The number of likely N-dealkylation sites (tertiary alicyclic amines) is 1. The number of rotatable bonds is 3. The second-order valence-electron chi connectivity index (χ2n) is 7.82. The van der Waals surface area contributed by atoms with Gasteiger partial charge in [-0.25, -0.2) is 4.79 Å². The largest absolute Gasteiger partial charge is 0.444 e. The van der Waals surface area contributed by atoms with Crippen molar-refractivity contribution in [3.63, 3.8) is 0 Å². The maximum absolute atomic E-state index is 12.2. The van der Waals surface area contributed by atoms with Crippen LogP contribution >= 0.6 is 0 Å². The van der Waals surface area contributed by atoms with Crippen molar-refractivity contribution >= 4 is 6.09 Å². The maximum Gasteiger partial charge on any atom is 0.407 e. The van der Waals surface area contributed by atoms with Crippen LogP contribution in [0.4, 0.5) is 4.79 Å². The average molecular weight is 316 g/mol. The highest BCUT2D eigenvalue weighted by molar-refractivity contribution is 5.68. The van der Waals surface area contributed by atoms with E-state index in [0.717, 1.165) is 25.9 Å². The summed E-state index contributed by atoms with van der Waals surface area (Å²) < 4.78 is 5.45. The summed E-state index contributed by atoms with van der Waals surface area (Å²) in [6.07, 6.45) is 3.25. The fourth-order valence-corrected chi connectivity index (χ4v) is 3.96. The van der Waals surface area contributed by atoms with E-state index in [1.165, 1.54) is 12.0 Å². The summed E-state index contributed by atoms with van der Waals surface area (Å²) in [6.45, 7) is 7.80. The van der Waals surface area contributed by atoms with Gasteiger partial charge in [-0.15, -0.1) is 0 Å². The Labute approximate surface area is 139 Å². The lowest BCUT2D eigenvalue weighted by Crippen LogP contribution is -2.55. The molecule has 1 amide bonds. The number of carbonyl (C=O) groups excluding carboxylic acids is 1. The highest BCUT2D eigenvalue weighted by Crippen LogP contribution is 2.37. The van der Waals surface area contributed by atoms with Crippen molar-refractivity contribution in [3.05, 3.63) is 35.9 Å². The third-order valence-corrected chi connectivity index (χ3v) is 4.92. The van der Waals surface area contributed by atoms with Crippen LogP contribution in [0.2, 0.25) is 0 Å². The van der Waals surface area contributed by atoms with Crippen LogP contribution in [0.25, 0.3) is 0 Å². The molecule has 0 aromatic heterocycles. The SMILES string of the molecule is CC(C)(C)OC(=O)N[C@@H]1[C@@H]2CC[C@H]1N(Cc1ccccc1)CC2. The van der Waals surface area contributed by atoms with Gasteiger partial charge in [0.1, 0.15) is 5.60 Å². The van der Waals surface area contributed by atoms with Crippen LogP contribution in [-0.2, 0) is 11.3 Å².